The fraction of sp³-hybridized carbons (Fsp3) is 0.562. The monoisotopic (exact) mass is 303 g/mol. The van der Waals surface area contributed by atoms with Gasteiger partial charge in [0, 0.05) is 37.0 Å². The van der Waals surface area contributed by atoms with Gasteiger partial charge in [-0.15, -0.1) is 11.3 Å². The minimum atomic E-state index is 0.525. The normalized spacial score (nSPS) is 22.0. The van der Waals surface area contributed by atoms with Crippen molar-refractivity contribution in [2.75, 3.05) is 26.2 Å². The molecule has 2 saturated heterocycles. The first-order valence-electron chi connectivity index (χ1n) is 7.59. The SMILES string of the molecule is Cc1nc(CN2CCC3(C2)CN(Cc2ccco2)C3)cs1. The Labute approximate surface area is 129 Å². The summed E-state index contributed by atoms with van der Waals surface area (Å²) in [5.41, 5.74) is 1.76. The molecular formula is C16H21N3OS. The summed E-state index contributed by atoms with van der Waals surface area (Å²) in [6.07, 6.45) is 3.09. The van der Waals surface area contributed by atoms with Crippen LogP contribution in [0.5, 0.6) is 0 Å². The number of likely N-dealkylation sites (tertiary alicyclic amines) is 2. The van der Waals surface area contributed by atoms with E-state index >= 15 is 0 Å². The lowest BCUT2D eigenvalue weighted by Gasteiger charge is -2.48. The molecule has 4 rings (SSSR count). The van der Waals surface area contributed by atoms with Crippen molar-refractivity contribution < 1.29 is 4.42 Å². The first kappa shape index (κ1) is 13.5. The Bertz CT molecular complexity index is 601. The van der Waals surface area contributed by atoms with E-state index in [1.807, 2.05) is 6.07 Å². The van der Waals surface area contributed by atoms with Gasteiger partial charge in [-0.05, 0) is 32.0 Å². The van der Waals surface area contributed by atoms with Crippen molar-refractivity contribution in [2.45, 2.75) is 26.4 Å². The number of hydrogen-bond acceptors (Lipinski definition) is 5. The highest BCUT2D eigenvalue weighted by Gasteiger charge is 2.47. The molecule has 0 saturated carbocycles. The molecule has 2 aromatic heterocycles. The number of aromatic nitrogens is 1. The van der Waals surface area contributed by atoms with Crippen LogP contribution in [-0.4, -0.2) is 41.0 Å². The van der Waals surface area contributed by atoms with Gasteiger partial charge >= 0.3 is 0 Å². The van der Waals surface area contributed by atoms with Crippen molar-refractivity contribution in [3.05, 3.63) is 40.2 Å². The van der Waals surface area contributed by atoms with Crippen molar-refractivity contribution in [3.63, 3.8) is 0 Å². The summed E-state index contributed by atoms with van der Waals surface area (Å²) >= 11 is 1.75. The predicted molar refractivity (Wildman–Crippen MR) is 83.2 cm³/mol. The lowest BCUT2D eigenvalue weighted by Crippen LogP contribution is -2.56. The molecule has 1 spiro atoms. The van der Waals surface area contributed by atoms with Gasteiger partial charge in [-0.3, -0.25) is 9.80 Å². The highest BCUT2D eigenvalue weighted by molar-refractivity contribution is 7.09. The maximum atomic E-state index is 5.43. The fourth-order valence-electron chi connectivity index (χ4n) is 3.77. The summed E-state index contributed by atoms with van der Waals surface area (Å²) in [5, 5.41) is 3.37. The van der Waals surface area contributed by atoms with Crippen LogP contribution < -0.4 is 0 Å². The summed E-state index contributed by atoms with van der Waals surface area (Å²) in [7, 11) is 0. The van der Waals surface area contributed by atoms with Crippen molar-refractivity contribution >= 4 is 11.3 Å². The number of furan rings is 1. The Morgan fingerprint density at radius 3 is 2.86 bits per heavy atom. The van der Waals surface area contributed by atoms with E-state index in [2.05, 4.69) is 33.2 Å². The van der Waals surface area contributed by atoms with Crippen LogP contribution >= 0.6 is 11.3 Å². The van der Waals surface area contributed by atoms with Crippen LogP contribution in [0.3, 0.4) is 0 Å². The highest BCUT2D eigenvalue weighted by Crippen LogP contribution is 2.40. The van der Waals surface area contributed by atoms with Crippen molar-refractivity contribution in [2.24, 2.45) is 5.41 Å². The summed E-state index contributed by atoms with van der Waals surface area (Å²) < 4.78 is 5.43. The average molecular weight is 303 g/mol. The van der Waals surface area contributed by atoms with Crippen molar-refractivity contribution in [1.29, 1.82) is 0 Å². The molecule has 0 aliphatic carbocycles. The number of nitrogens with zero attached hydrogens (tertiary/aromatic N) is 3. The first-order chi connectivity index (χ1) is 10.2. The predicted octanol–water partition coefficient (Wildman–Crippen LogP) is 2.75. The van der Waals surface area contributed by atoms with Crippen molar-refractivity contribution in [1.82, 2.24) is 14.8 Å². The van der Waals surface area contributed by atoms with Gasteiger partial charge in [-0.1, -0.05) is 0 Å². The van der Waals surface area contributed by atoms with E-state index in [0.717, 1.165) is 18.8 Å². The second-order valence-corrected chi connectivity index (χ2v) is 7.61. The summed E-state index contributed by atoms with van der Waals surface area (Å²) in [4.78, 5) is 9.65. The second kappa shape index (κ2) is 5.23. The Kier molecular flexibility index (Phi) is 3.36. The van der Waals surface area contributed by atoms with E-state index in [1.165, 1.54) is 43.3 Å². The minimum Gasteiger partial charge on any atom is -0.468 e. The molecule has 0 amide bonds. The number of thiazole rings is 1. The quantitative estimate of drug-likeness (QED) is 0.869. The van der Waals surface area contributed by atoms with Crippen LogP contribution in [0.15, 0.2) is 28.2 Å². The summed E-state index contributed by atoms with van der Waals surface area (Å²) in [6, 6.07) is 4.04. The first-order valence-corrected chi connectivity index (χ1v) is 8.47. The zero-order valence-electron chi connectivity index (χ0n) is 12.4. The Hall–Kier alpha value is -1.17. The van der Waals surface area contributed by atoms with Gasteiger partial charge in [-0.2, -0.15) is 0 Å². The lowest BCUT2D eigenvalue weighted by molar-refractivity contribution is -0.00273. The molecule has 4 heterocycles. The molecule has 0 bridgehead atoms. The van der Waals surface area contributed by atoms with Gasteiger partial charge in [0.1, 0.15) is 5.76 Å². The van der Waals surface area contributed by atoms with Gasteiger partial charge in [0.2, 0.25) is 0 Å². The van der Waals surface area contributed by atoms with E-state index in [9.17, 15) is 0 Å². The topological polar surface area (TPSA) is 32.5 Å². The Balaban J connectivity index is 1.29. The van der Waals surface area contributed by atoms with E-state index in [-0.39, 0.29) is 0 Å². The van der Waals surface area contributed by atoms with Crippen LogP contribution in [-0.2, 0) is 13.1 Å². The standard InChI is InChI=1S/C16H21N3OS/c1-13-17-14(9-21-13)7-18-5-4-16(10-18)11-19(12-16)8-15-3-2-6-20-15/h2-3,6,9H,4-5,7-8,10-12H2,1H3. The highest BCUT2D eigenvalue weighted by atomic mass is 32.1. The molecule has 2 aliphatic heterocycles. The maximum Gasteiger partial charge on any atom is 0.117 e. The van der Waals surface area contributed by atoms with Crippen LogP contribution in [0.25, 0.3) is 0 Å². The molecule has 0 radical (unpaired) electrons. The third-order valence-electron chi connectivity index (χ3n) is 4.65. The molecule has 2 fully saturated rings. The number of hydrogen-bond donors (Lipinski definition) is 0. The van der Waals surface area contributed by atoms with Gasteiger partial charge in [0.25, 0.3) is 0 Å². The molecule has 112 valence electrons. The third-order valence-corrected chi connectivity index (χ3v) is 5.47. The van der Waals surface area contributed by atoms with Crippen LogP contribution in [0.2, 0.25) is 0 Å². The molecule has 0 unspecified atom stereocenters. The maximum absolute atomic E-state index is 5.43. The Morgan fingerprint density at radius 2 is 2.14 bits per heavy atom. The van der Waals surface area contributed by atoms with Crippen LogP contribution in [0.4, 0.5) is 0 Å². The minimum absolute atomic E-state index is 0.525. The molecule has 2 aromatic rings. The van der Waals surface area contributed by atoms with Gasteiger partial charge in [0.15, 0.2) is 0 Å². The van der Waals surface area contributed by atoms with E-state index in [1.54, 1.807) is 17.6 Å². The van der Waals surface area contributed by atoms with E-state index in [4.69, 9.17) is 4.42 Å². The fourth-order valence-corrected chi connectivity index (χ4v) is 4.37. The number of aryl methyl sites for hydroxylation is 1. The molecule has 21 heavy (non-hydrogen) atoms. The van der Waals surface area contributed by atoms with Gasteiger partial charge in [-0.25, -0.2) is 4.98 Å². The van der Waals surface area contributed by atoms with Gasteiger partial charge in [0.05, 0.1) is 23.5 Å². The molecule has 4 nitrogen and oxygen atoms in total. The summed E-state index contributed by atoms with van der Waals surface area (Å²) in [6.45, 7) is 8.91. The van der Waals surface area contributed by atoms with Crippen LogP contribution in [0, 0.1) is 12.3 Å². The second-order valence-electron chi connectivity index (χ2n) is 6.54. The molecule has 0 aromatic carbocycles. The smallest absolute Gasteiger partial charge is 0.117 e. The lowest BCUT2D eigenvalue weighted by atomic mass is 9.79. The van der Waals surface area contributed by atoms with Gasteiger partial charge < -0.3 is 4.42 Å². The largest absolute Gasteiger partial charge is 0.468 e. The molecule has 5 heteroatoms. The third kappa shape index (κ3) is 2.78. The van der Waals surface area contributed by atoms with Crippen molar-refractivity contribution in [3.8, 4) is 0 Å². The molecular weight excluding hydrogens is 282 g/mol. The number of rotatable bonds is 4. The molecule has 0 atom stereocenters. The van der Waals surface area contributed by atoms with E-state index in [0.29, 0.717) is 5.41 Å². The molecule has 0 N–H and O–H groups in total. The van der Waals surface area contributed by atoms with Crippen LogP contribution in [0.1, 0.15) is 22.9 Å². The average Bonchev–Trinajstić information content (AvgIpc) is 3.12. The zero-order valence-corrected chi connectivity index (χ0v) is 13.2. The zero-order chi connectivity index (χ0) is 14.3. The summed E-state index contributed by atoms with van der Waals surface area (Å²) in [5.74, 6) is 1.08. The van der Waals surface area contributed by atoms with E-state index < -0.39 is 0 Å². The Morgan fingerprint density at radius 1 is 1.29 bits per heavy atom. The molecule has 2 aliphatic rings.